The first-order valence-electron chi connectivity index (χ1n) is 7.11. The van der Waals surface area contributed by atoms with Crippen LogP contribution in [-0.4, -0.2) is 14.8 Å². The van der Waals surface area contributed by atoms with Crippen LogP contribution in [0.3, 0.4) is 0 Å². The van der Waals surface area contributed by atoms with Crippen LogP contribution in [0.1, 0.15) is 30.2 Å². The molecule has 0 bridgehead atoms. The van der Waals surface area contributed by atoms with E-state index in [1.807, 2.05) is 22.0 Å². The van der Waals surface area contributed by atoms with Crippen LogP contribution in [0.5, 0.6) is 0 Å². The van der Waals surface area contributed by atoms with E-state index in [4.69, 9.17) is 12.2 Å². The van der Waals surface area contributed by atoms with E-state index in [9.17, 15) is 0 Å². The number of hydrogen-bond donors (Lipinski definition) is 1. The highest BCUT2D eigenvalue weighted by atomic mass is 32.1. The number of aryl methyl sites for hydroxylation is 1. The van der Waals surface area contributed by atoms with Crippen LogP contribution in [0.25, 0.3) is 10.7 Å². The molecular weight excluding hydrogens is 286 g/mol. The van der Waals surface area contributed by atoms with Crippen molar-refractivity contribution in [3.05, 3.63) is 33.9 Å². The van der Waals surface area contributed by atoms with E-state index >= 15 is 0 Å². The number of nitrogens with one attached hydrogen (secondary N) is 1. The van der Waals surface area contributed by atoms with Crippen LogP contribution in [0.4, 0.5) is 0 Å². The van der Waals surface area contributed by atoms with Crippen LogP contribution >= 0.6 is 23.6 Å². The molecule has 2 aromatic rings. The fraction of sp³-hybridized carbons (Fsp3) is 0.467. The molecule has 1 aliphatic rings. The van der Waals surface area contributed by atoms with Gasteiger partial charge in [0.2, 0.25) is 0 Å². The largest absolute Gasteiger partial charge is 0.296 e. The van der Waals surface area contributed by atoms with Gasteiger partial charge in [-0.05, 0) is 49.0 Å². The Bertz CT molecular complexity index is 678. The van der Waals surface area contributed by atoms with Crippen LogP contribution < -0.4 is 0 Å². The van der Waals surface area contributed by atoms with Crippen molar-refractivity contribution in [1.29, 1.82) is 0 Å². The van der Waals surface area contributed by atoms with E-state index in [0.29, 0.717) is 11.3 Å². The second kappa shape index (κ2) is 5.66. The van der Waals surface area contributed by atoms with Gasteiger partial charge in [-0.15, -0.1) is 17.9 Å². The van der Waals surface area contributed by atoms with Crippen molar-refractivity contribution < 1.29 is 0 Å². The molecule has 106 valence electrons. The van der Waals surface area contributed by atoms with Gasteiger partial charge in [0, 0.05) is 11.4 Å². The van der Waals surface area contributed by atoms with Crippen molar-refractivity contribution in [2.45, 2.75) is 39.2 Å². The van der Waals surface area contributed by atoms with Crippen molar-refractivity contribution >= 4 is 23.6 Å². The summed E-state index contributed by atoms with van der Waals surface area (Å²) in [6, 6.07) is 2.31. The Labute approximate surface area is 128 Å². The highest BCUT2D eigenvalue weighted by Crippen LogP contribution is 2.37. The molecule has 0 saturated heterocycles. The summed E-state index contributed by atoms with van der Waals surface area (Å²) < 4.78 is 2.68. The van der Waals surface area contributed by atoms with Gasteiger partial charge in [-0.1, -0.05) is 19.4 Å². The van der Waals surface area contributed by atoms with Gasteiger partial charge < -0.3 is 0 Å². The molecule has 3 nitrogen and oxygen atoms in total. The highest BCUT2D eigenvalue weighted by molar-refractivity contribution is 7.71. The number of H-pyrrole nitrogens is 1. The van der Waals surface area contributed by atoms with Gasteiger partial charge in [-0.3, -0.25) is 9.67 Å². The molecule has 0 fully saturated rings. The molecule has 2 heterocycles. The first kappa shape index (κ1) is 13.8. The number of allylic oxidation sites excluding steroid dienone is 1. The Hall–Kier alpha value is -1.20. The number of fused-ring (bicyclic) bond motifs is 1. The minimum Gasteiger partial charge on any atom is -0.296 e. The zero-order valence-corrected chi connectivity index (χ0v) is 13.3. The maximum atomic E-state index is 5.29. The molecule has 1 atom stereocenters. The number of hydrogen-bond acceptors (Lipinski definition) is 3. The zero-order chi connectivity index (χ0) is 14.1. The first-order valence-corrected chi connectivity index (χ1v) is 8.33. The van der Waals surface area contributed by atoms with Gasteiger partial charge in [0.15, 0.2) is 10.6 Å². The first-order chi connectivity index (χ1) is 9.72. The molecule has 1 N–H and O–H groups in total. The molecule has 0 aromatic carbocycles. The average Bonchev–Trinajstić information content (AvgIpc) is 3.02. The topological polar surface area (TPSA) is 33.6 Å². The molecule has 0 radical (unpaired) electrons. The third-order valence-electron chi connectivity index (χ3n) is 4.05. The Morgan fingerprint density at radius 2 is 2.50 bits per heavy atom. The van der Waals surface area contributed by atoms with Crippen molar-refractivity contribution in [3.63, 3.8) is 0 Å². The van der Waals surface area contributed by atoms with Crippen LogP contribution in [0, 0.1) is 10.7 Å². The summed E-state index contributed by atoms with van der Waals surface area (Å²) in [5.74, 6) is 1.79. The summed E-state index contributed by atoms with van der Waals surface area (Å²) >= 11 is 7.16. The summed E-state index contributed by atoms with van der Waals surface area (Å²) in [6.07, 6.45) is 6.89. The van der Waals surface area contributed by atoms with E-state index in [0.717, 1.165) is 11.7 Å². The van der Waals surface area contributed by atoms with Gasteiger partial charge in [0.1, 0.15) is 0 Å². The summed E-state index contributed by atoms with van der Waals surface area (Å²) in [4.78, 5) is 2.75. The molecule has 0 aliphatic heterocycles. The fourth-order valence-electron chi connectivity index (χ4n) is 2.86. The zero-order valence-electron chi connectivity index (χ0n) is 11.7. The number of nitrogens with zero attached hydrogens (tertiary/aromatic N) is 2. The van der Waals surface area contributed by atoms with Crippen molar-refractivity contribution in [3.8, 4) is 10.7 Å². The Morgan fingerprint density at radius 3 is 3.25 bits per heavy atom. The molecule has 0 spiro atoms. The van der Waals surface area contributed by atoms with Crippen molar-refractivity contribution in [2.75, 3.05) is 0 Å². The molecule has 2 aromatic heterocycles. The highest BCUT2D eigenvalue weighted by Gasteiger charge is 2.21. The van der Waals surface area contributed by atoms with E-state index in [1.165, 1.54) is 41.0 Å². The van der Waals surface area contributed by atoms with E-state index in [-0.39, 0.29) is 0 Å². The van der Waals surface area contributed by atoms with Gasteiger partial charge in [0.05, 0.1) is 4.88 Å². The number of rotatable bonds is 4. The lowest BCUT2D eigenvalue weighted by Crippen LogP contribution is -2.10. The summed E-state index contributed by atoms with van der Waals surface area (Å²) in [5.41, 5.74) is 1.52. The second-order valence-electron chi connectivity index (χ2n) is 5.33. The molecule has 5 heteroatoms. The normalized spacial score (nSPS) is 17.9. The van der Waals surface area contributed by atoms with Crippen molar-refractivity contribution in [1.82, 2.24) is 14.8 Å². The molecule has 0 saturated carbocycles. The summed E-state index contributed by atoms with van der Waals surface area (Å²) in [7, 11) is 0. The third kappa shape index (κ3) is 2.40. The number of aromatic amines is 1. The number of thiophene rings is 1. The Kier molecular flexibility index (Phi) is 3.89. The molecule has 0 unspecified atom stereocenters. The van der Waals surface area contributed by atoms with E-state index < -0.39 is 0 Å². The van der Waals surface area contributed by atoms with Gasteiger partial charge in [-0.25, -0.2) is 0 Å². The van der Waals surface area contributed by atoms with Crippen molar-refractivity contribution in [2.24, 2.45) is 5.92 Å². The minimum absolute atomic E-state index is 0.665. The molecule has 3 rings (SSSR count). The number of aromatic nitrogens is 3. The Morgan fingerprint density at radius 1 is 1.65 bits per heavy atom. The van der Waals surface area contributed by atoms with E-state index in [1.54, 1.807) is 0 Å². The van der Waals surface area contributed by atoms with Crippen LogP contribution in [-0.2, 0) is 19.4 Å². The molecular formula is C15H19N3S2. The molecule has 1 aliphatic carbocycles. The monoisotopic (exact) mass is 305 g/mol. The predicted molar refractivity (Wildman–Crippen MR) is 86.7 cm³/mol. The standard InChI is InChI=1S/C15H19N3S2/c1-3-7-18-14(16-17-15(18)19)13-9-11-8-10(4-2)5-6-12(11)20-13/h3,9-10H,1,4-8H2,2H3,(H,17,19)/t10-/m0/s1. The van der Waals surface area contributed by atoms with Gasteiger partial charge in [0.25, 0.3) is 0 Å². The third-order valence-corrected chi connectivity index (χ3v) is 5.60. The summed E-state index contributed by atoms with van der Waals surface area (Å²) in [5, 5.41) is 7.29. The minimum atomic E-state index is 0.665. The maximum absolute atomic E-state index is 5.29. The van der Waals surface area contributed by atoms with E-state index in [2.05, 4.69) is 29.8 Å². The smallest absolute Gasteiger partial charge is 0.195 e. The lowest BCUT2D eigenvalue weighted by molar-refractivity contribution is 0.449. The van der Waals surface area contributed by atoms with Gasteiger partial charge in [-0.2, -0.15) is 5.10 Å². The second-order valence-corrected chi connectivity index (χ2v) is 6.85. The maximum Gasteiger partial charge on any atom is 0.195 e. The fourth-order valence-corrected chi connectivity index (χ4v) is 4.28. The Balaban J connectivity index is 1.98. The lowest BCUT2D eigenvalue weighted by atomic mass is 9.87. The molecule has 20 heavy (non-hydrogen) atoms. The predicted octanol–water partition coefficient (Wildman–Crippen LogP) is 4.37. The summed E-state index contributed by atoms with van der Waals surface area (Å²) in [6.45, 7) is 6.78. The van der Waals surface area contributed by atoms with Crippen LogP contribution in [0.2, 0.25) is 0 Å². The van der Waals surface area contributed by atoms with Gasteiger partial charge >= 0.3 is 0 Å². The lowest BCUT2D eigenvalue weighted by Gasteiger charge is -2.19. The SMILES string of the molecule is C=CCn1c(-c2cc3c(s2)CC[C@H](CC)C3)n[nH]c1=S. The average molecular weight is 305 g/mol. The molecule has 0 amide bonds. The quantitative estimate of drug-likeness (QED) is 0.672. The van der Waals surface area contributed by atoms with Crippen LogP contribution in [0.15, 0.2) is 18.7 Å².